The van der Waals surface area contributed by atoms with Crippen LogP contribution in [-0.2, 0) is 26.4 Å². The number of nitrogens with two attached hydrogens (primary N) is 1. The van der Waals surface area contributed by atoms with Crippen LogP contribution in [0.5, 0.6) is 0 Å². The zero-order valence-corrected chi connectivity index (χ0v) is 18.1. The predicted octanol–water partition coefficient (Wildman–Crippen LogP) is 0.707. The van der Waals surface area contributed by atoms with Gasteiger partial charge in [-0.25, -0.2) is 27.0 Å². The van der Waals surface area contributed by atoms with Crippen molar-refractivity contribution in [1.29, 1.82) is 0 Å². The number of piperazine rings is 1. The molecule has 4 rings (SSSR count). The summed E-state index contributed by atoms with van der Waals surface area (Å²) in [6.07, 6.45) is 5.04. The number of imidazole rings is 1. The molecule has 2 N–H and O–H groups in total. The van der Waals surface area contributed by atoms with Gasteiger partial charge in [-0.05, 0) is 30.3 Å². The van der Waals surface area contributed by atoms with Crippen molar-refractivity contribution in [2.75, 3.05) is 37.3 Å². The third-order valence-corrected chi connectivity index (χ3v) is 7.21. The molecule has 0 radical (unpaired) electrons. The maximum atomic E-state index is 12.3. The molecule has 0 unspecified atom stereocenters. The number of pyridine rings is 1. The number of nitrogens with zero attached hydrogens (tertiary/aromatic N) is 4. The van der Waals surface area contributed by atoms with E-state index in [0.29, 0.717) is 25.3 Å². The topological polar surface area (TPSA) is 118 Å². The van der Waals surface area contributed by atoms with Gasteiger partial charge >= 0.3 is 0 Å². The average molecular weight is 450 g/mol. The van der Waals surface area contributed by atoms with Gasteiger partial charge in [-0.15, -0.1) is 0 Å². The third-order valence-electron chi connectivity index (χ3n) is 5.17. The zero-order valence-electron chi connectivity index (χ0n) is 16.5. The fraction of sp³-hybridized carbons (Fsp3) is 0.316. The standard InChI is InChI=1S/C19H23N5O4S2/c1-29(25,26)18-12-16(30(20,27)28)5-6-17(18)23-10-8-22(9-11-23)13-15-14-24-7-3-2-4-19(24)21-15/h2-7,12,14H,8-11,13H2,1H3,(H2,20,27,28). The van der Waals surface area contributed by atoms with Crippen LogP contribution >= 0.6 is 0 Å². The van der Waals surface area contributed by atoms with Crippen molar-refractivity contribution < 1.29 is 16.8 Å². The molecule has 0 amide bonds. The minimum atomic E-state index is -3.99. The highest BCUT2D eigenvalue weighted by atomic mass is 32.2. The van der Waals surface area contributed by atoms with Crippen LogP contribution in [0.4, 0.5) is 5.69 Å². The number of benzene rings is 1. The van der Waals surface area contributed by atoms with Crippen LogP contribution in [0.3, 0.4) is 0 Å². The Bertz CT molecular complexity index is 1260. The summed E-state index contributed by atoms with van der Waals surface area (Å²) in [6.45, 7) is 3.40. The van der Waals surface area contributed by atoms with E-state index in [2.05, 4.69) is 9.88 Å². The smallest absolute Gasteiger partial charge is 0.238 e. The molecule has 9 nitrogen and oxygen atoms in total. The first kappa shape index (κ1) is 20.8. The lowest BCUT2D eigenvalue weighted by atomic mass is 10.2. The maximum absolute atomic E-state index is 12.3. The minimum absolute atomic E-state index is 0.0252. The van der Waals surface area contributed by atoms with Crippen molar-refractivity contribution in [3.05, 3.63) is 54.5 Å². The number of hydrogen-bond donors (Lipinski definition) is 1. The van der Waals surface area contributed by atoms with E-state index < -0.39 is 19.9 Å². The Morgan fingerprint density at radius 2 is 1.77 bits per heavy atom. The Kier molecular flexibility index (Phi) is 5.30. The van der Waals surface area contributed by atoms with Crippen LogP contribution in [0.15, 0.2) is 58.6 Å². The number of sulfone groups is 1. The molecule has 30 heavy (non-hydrogen) atoms. The highest BCUT2D eigenvalue weighted by Crippen LogP contribution is 2.29. The first-order chi connectivity index (χ1) is 14.1. The molecular formula is C19H23N5O4S2. The van der Waals surface area contributed by atoms with Crippen molar-refractivity contribution >= 4 is 31.2 Å². The molecule has 0 atom stereocenters. The Labute approximate surface area is 175 Å². The number of anilines is 1. The molecule has 3 heterocycles. The van der Waals surface area contributed by atoms with Gasteiger partial charge in [0, 0.05) is 51.4 Å². The van der Waals surface area contributed by atoms with Crippen LogP contribution < -0.4 is 10.0 Å². The van der Waals surface area contributed by atoms with E-state index in [4.69, 9.17) is 5.14 Å². The Balaban J connectivity index is 1.51. The molecule has 1 aromatic carbocycles. The van der Waals surface area contributed by atoms with Crippen LogP contribution in [0.25, 0.3) is 5.65 Å². The average Bonchev–Trinajstić information content (AvgIpc) is 3.09. The van der Waals surface area contributed by atoms with Gasteiger partial charge in [0.1, 0.15) is 5.65 Å². The summed E-state index contributed by atoms with van der Waals surface area (Å²) in [5.74, 6) is 0. The summed E-state index contributed by atoms with van der Waals surface area (Å²) in [4.78, 5) is 8.61. The quantitative estimate of drug-likeness (QED) is 0.609. The molecule has 1 aliphatic heterocycles. The molecule has 0 spiro atoms. The first-order valence-electron chi connectivity index (χ1n) is 9.38. The lowest BCUT2D eigenvalue weighted by molar-refractivity contribution is 0.247. The maximum Gasteiger partial charge on any atom is 0.238 e. The van der Waals surface area contributed by atoms with Gasteiger partial charge in [0.05, 0.1) is 21.2 Å². The van der Waals surface area contributed by atoms with E-state index in [0.717, 1.165) is 36.8 Å². The molecule has 2 aromatic heterocycles. The van der Waals surface area contributed by atoms with Gasteiger partial charge in [-0.3, -0.25) is 4.90 Å². The van der Waals surface area contributed by atoms with Gasteiger partial charge in [0.25, 0.3) is 0 Å². The van der Waals surface area contributed by atoms with Gasteiger partial charge in [-0.2, -0.15) is 0 Å². The summed E-state index contributed by atoms with van der Waals surface area (Å²) in [5, 5.41) is 5.17. The SMILES string of the molecule is CS(=O)(=O)c1cc(S(N)(=O)=O)ccc1N1CCN(Cc2cn3ccccc3n2)CC1. The number of aromatic nitrogens is 2. The van der Waals surface area contributed by atoms with Crippen molar-refractivity contribution in [2.45, 2.75) is 16.3 Å². The summed E-state index contributed by atoms with van der Waals surface area (Å²) >= 11 is 0. The van der Waals surface area contributed by atoms with Crippen molar-refractivity contribution in [2.24, 2.45) is 5.14 Å². The second-order valence-corrected chi connectivity index (χ2v) is 11.0. The molecule has 0 bridgehead atoms. The summed E-state index contributed by atoms with van der Waals surface area (Å²) in [5.41, 5.74) is 2.38. The Morgan fingerprint density at radius 3 is 2.40 bits per heavy atom. The molecule has 160 valence electrons. The first-order valence-corrected chi connectivity index (χ1v) is 12.8. The van der Waals surface area contributed by atoms with E-state index in [1.807, 2.05) is 39.9 Å². The van der Waals surface area contributed by atoms with E-state index in [9.17, 15) is 16.8 Å². The predicted molar refractivity (Wildman–Crippen MR) is 114 cm³/mol. The van der Waals surface area contributed by atoms with Crippen LogP contribution in [-0.4, -0.2) is 63.6 Å². The molecule has 11 heteroatoms. The van der Waals surface area contributed by atoms with E-state index in [-0.39, 0.29) is 9.79 Å². The molecule has 3 aromatic rings. The minimum Gasteiger partial charge on any atom is -0.368 e. The van der Waals surface area contributed by atoms with Crippen molar-refractivity contribution in [1.82, 2.24) is 14.3 Å². The lowest BCUT2D eigenvalue weighted by Gasteiger charge is -2.36. The van der Waals surface area contributed by atoms with Crippen LogP contribution in [0, 0.1) is 0 Å². The normalized spacial score (nSPS) is 16.3. The van der Waals surface area contributed by atoms with Crippen molar-refractivity contribution in [3.63, 3.8) is 0 Å². The number of hydrogen-bond acceptors (Lipinski definition) is 7. The number of primary sulfonamides is 1. The lowest BCUT2D eigenvalue weighted by Crippen LogP contribution is -2.46. The molecule has 0 saturated carbocycles. The van der Waals surface area contributed by atoms with Gasteiger partial charge in [-0.1, -0.05) is 6.07 Å². The van der Waals surface area contributed by atoms with Crippen molar-refractivity contribution in [3.8, 4) is 0 Å². The van der Waals surface area contributed by atoms with Gasteiger partial charge in [0.15, 0.2) is 9.84 Å². The molecule has 1 fully saturated rings. The molecule has 1 saturated heterocycles. The highest BCUT2D eigenvalue weighted by Gasteiger charge is 2.25. The van der Waals surface area contributed by atoms with Gasteiger partial charge < -0.3 is 9.30 Å². The fourth-order valence-electron chi connectivity index (χ4n) is 3.67. The second-order valence-electron chi connectivity index (χ2n) is 7.41. The summed E-state index contributed by atoms with van der Waals surface area (Å²) in [6, 6.07) is 9.88. The third kappa shape index (κ3) is 4.33. The van der Waals surface area contributed by atoms with Crippen LogP contribution in [0.1, 0.15) is 5.69 Å². The number of fused-ring (bicyclic) bond motifs is 1. The second kappa shape index (κ2) is 7.65. The number of rotatable bonds is 5. The monoisotopic (exact) mass is 449 g/mol. The molecular weight excluding hydrogens is 426 g/mol. The summed E-state index contributed by atoms with van der Waals surface area (Å²) in [7, 11) is -7.62. The van der Waals surface area contributed by atoms with E-state index in [1.165, 1.54) is 12.1 Å². The van der Waals surface area contributed by atoms with Gasteiger partial charge in [0.2, 0.25) is 10.0 Å². The fourth-order valence-corrected chi connectivity index (χ4v) is 5.20. The number of sulfonamides is 1. The Hall–Kier alpha value is -2.47. The molecule has 0 aliphatic carbocycles. The molecule has 1 aliphatic rings. The largest absolute Gasteiger partial charge is 0.368 e. The van der Waals surface area contributed by atoms with E-state index >= 15 is 0 Å². The zero-order chi connectivity index (χ0) is 21.5. The van der Waals surface area contributed by atoms with E-state index in [1.54, 1.807) is 0 Å². The van der Waals surface area contributed by atoms with Crippen LogP contribution in [0.2, 0.25) is 0 Å². The summed E-state index contributed by atoms with van der Waals surface area (Å²) < 4.78 is 49.8. The highest BCUT2D eigenvalue weighted by molar-refractivity contribution is 7.91. The Morgan fingerprint density at radius 1 is 1.03 bits per heavy atom.